The molecule has 0 saturated heterocycles. The van der Waals surface area contributed by atoms with Crippen LogP contribution in [0.15, 0.2) is 0 Å². The predicted octanol–water partition coefficient (Wildman–Crippen LogP) is 2.10. The van der Waals surface area contributed by atoms with E-state index in [1.54, 1.807) is 11.3 Å². The number of fused-ring (bicyclic) bond motifs is 1. The van der Waals surface area contributed by atoms with Gasteiger partial charge in [-0.25, -0.2) is 4.98 Å². The van der Waals surface area contributed by atoms with Crippen molar-refractivity contribution in [3.05, 3.63) is 15.6 Å². The van der Waals surface area contributed by atoms with Gasteiger partial charge in [0, 0.05) is 18.5 Å². The zero-order valence-corrected chi connectivity index (χ0v) is 10.4. The molecule has 0 atom stereocenters. The van der Waals surface area contributed by atoms with Crippen LogP contribution in [0.3, 0.4) is 0 Å². The number of rotatable bonds is 2. The molecule has 1 N–H and O–H groups in total. The zero-order valence-electron chi connectivity index (χ0n) is 9.59. The summed E-state index contributed by atoms with van der Waals surface area (Å²) in [4.78, 5) is 5.94. The summed E-state index contributed by atoms with van der Waals surface area (Å²) in [5.41, 5.74) is 1.40. The predicted molar refractivity (Wildman–Crippen MR) is 62.1 cm³/mol. The Kier molecular flexibility index (Phi) is 3.09. The first kappa shape index (κ1) is 11.0. The lowest BCUT2D eigenvalue weighted by atomic mass is 10.1. The number of ether oxygens (including phenoxy) is 1. The van der Waals surface area contributed by atoms with Gasteiger partial charge in [-0.1, -0.05) is 0 Å². The summed E-state index contributed by atoms with van der Waals surface area (Å²) in [5, 5.41) is 4.64. The van der Waals surface area contributed by atoms with Gasteiger partial charge in [0.2, 0.25) is 0 Å². The largest absolute Gasteiger partial charge is 0.375 e. The molecule has 1 aliphatic rings. The maximum Gasteiger partial charge on any atom is 0.107 e. The van der Waals surface area contributed by atoms with Gasteiger partial charge in [-0.2, -0.15) is 0 Å². The lowest BCUT2D eigenvalue weighted by Gasteiger charge is -2.19. The number of aromatic nitrogens is 1. The summed E-state index contributed by atoms with van der Waals surface area (Å²) in [6.45, 7) is 8.95. The standard InChI is InChI=1S/C11H18N2OS/c1-11(2,3)12-6-10-13-8-4-5-14-7-9(8)15-10/h12H,4-7H2,1-3H3. The van der Waals surface area contributed by atoms with Crippen LogP contribution < -0.4 is 5.32 Å². The van der Waals surface area contributed by atoms with Gasteiger partial charge in [0.05, 0.1) is 23.8 Å². The second-order valence-corrected chi connectivity index (χ2v) is 6.05. The Labute approximate surface area is 94.9 Å². The molecule has 0 saturated carbocycles. The molecule has 2 heterocycles. The number of hydrogen-bond acceptors (Lipinski definition) is 4. The maximum absolute atomic E-state index is 5.40. The molecule has 0 aliphatic carbocycles. The summed E-state index contributed by atoms with van der Waals surface area (Å²) in [6.07, 6.45) is 0.974. The highest BCUT2D eigenvalue weighted by atomic mass is 32.1. The number of thiazole rings is 1. The monoisotopic (exact) mass is 226 g/mol. The van der Waals surface area contributed by atoms with E-state index in [0.717, 1.165) is 26.2 Å². The molecule has 0 amide bonds. The molecule has 1 aliphatic heterocycles. The fourth-order valence-electron chi connectivity index (χ4n) is 1.50. The molecule has 0 bridgehead atoms. The summed E-state index contributed by atoms with van der Waals surface area (Å²) in [7, 11) is 0. The average Bonchev–Trinajstić information content (AvgIpc) is 2.56. The van der Waals surface area contributed by atoms with E-state index in [1.807, 2.05) is 0 Å². The van der Waals surface area contributed by atoms with Crippen molar-refractivity contribution in [3.63, 3.8) is 0 Å². The first-order valence-electron chi connectivity index (χ1n) is 5.35. The van der Waals surface area contributed by atoms with Crippen LogP contribution >= 0.6 is 11.3 Å². The fraction of sp³-hybridized carbons (Fsp3) is 0.727. The van der Waals surface area contributed by atoms with E-state index in [-0.39, 0.29) is 5.54 Å². The van der Waals surface area contributed by atoms with Gasteiger partial charge in [-0.15, -0.1) is 11.3 Å². The molecule has 15 heavy (non-hydrogen) atoms. The van der Waals surface area contributed by atoms with Crippen molar-refractivity contribution in [3.8, 4) is 0 Å². The average molecular weight is 226 g/mol. The smallest absolute Gasteiger partial charge is 0.107 e. The van der Waals surface area contributed by atoms with Crippen LogP contribution in [0.25, 0.3) is 0 Å². The van der Waals surface area contributed by atoms with E-state index in [1.165, 1.54) is 15.6 Å². The maximum atomic E-state index is 5.40. The Hall–Kier alpha value is -0.450. The van der Waals surface area contributed by atoms with Crippen LogP contribution in [-0.4, -0.2) is 17.1 Å². The third-order valence-corrected chi connectivity index (χ3v) is 3.38. The van der Waals surface area contributed by atoms with Crippen LogP contribution in [0.4, 0.5) is 0 Å². The van der Waals surface area contributed by atoms with Crippen LogP contribution in [0.1, 0.15) is 36.3 Å². The summed E-state index contributed by atoms with van der Waals surface area (Å²) in [6, 6.07) is 0. The lowest BCUT2D eigenvalue weighted by molar-refractivity contribution is 0.112. The van der Waals surface area contributed by atoms with E-state index in [0.29, 0.717) is 0 Å². The molecule has 0 unspecified atom stereocenters. The molecular weight excluding hydrogens is 208 g/mol. The molecular formula is C11H18N2OS. The van der Waals surface area contributed by atoms with Crippen molar-refractivity contribution in [1.82, 2.24) is 10.3 Å². The minimum Gasteiger partial charge on any atom is -0.375 e. The van der Waals surface area contributed by atoms with Gasteiger partial charge in [0.15, 0.2) is 0 Å². The Morgan fingerprint density at radius 1 is 1.47 bits per heavy atom. The highest BCUT2D eigenvalue weighted by Crippen LogP contribution is 2.23. The zero-order chi connectivity index (χ0) is 10.9. The normalized spacial score (nSPS) is 16.5. The van der Waals surface area contributed by atoms with Crippen molar-refractivity contribution < 1.29 is 4.74 Å². The molecule has 0 spiro atoms. The van der Waals surface area contributed by atoms with E-state index in [4.69, 9.17) is 4.74 Å². The molecule has 84 valence electrons. The quantitative estimate of drug-likeness (QED) is 0.838. The molecule has 0 fully saturated rings. The van der Waals surface area contributed by atoms with E-state index < -0.39 is 0 Å². The first-order valence-corrected chi connectivity index (χ1v) is 6.16. The number of hydrogen-bond donors (Lipinski definition) is 1. The highest BCUT2D eigenvalue weighted by Gasteiger charge is 2.16. The summed E-state index contributed by atoms with van der Waals surface area (Å²) >= 11 is 1.78. The fourth-order valence-corrected chi connectivity index (χ4v) is 2.49. The molecule has 0 aromatic carbocycles. The Morgan fingerprint density at radius 3 is 2.93 bits per heavy atom. The van der Waals surface area contributed by atoms with Crippen LogP contribution in [0, 0.1) is 0 Å². The molecule has 1 aromatic heterocycles. The number of nitrogens with zero attached hydrogens (tertiary/aromatic N) is 1. The molecule has 3 nitrogen and oxygen atoms in total. The second-order valence-electron chi connectivity index (χ2n) is 4.88. The van der Waals surface area contributed by atoms with E-state index in [9.17, 15) is 0 Å². The molecule has 1 aromatic rings. The Morgan fingerprint density at radius 2 is 2.27 bits per heavy atom. The van der Waals surface area contributed by atoms with Gasteiger partial charge in [0.25, 0.3) is 0 Å². The minimum atomic E-state index is 0.155. The second kappa shape index (κ2) is 4.20. The van der Waals surface area contributed by atoms with Crippen LogP contribution in [-0.2, 0) is 24.3 Å². The third-order valence-electron chi connectivity index (χ3n) is 2.31. The third kappa shape index (κ3) is 3.00. The van der Waals surface area contributed by atoms with Gasteiger partial charge in [-0.3, -0.25) is 0 Å². The van der Waals surface area contributed by atoms with Crippen LogP contribution in [0.2, 0.25) is 0 Å². The van der Waals surface area contributed by atoms with Crippen LogP contribution in [0.5, 0.6) is 0 Å². The first-order chi connectivity index (χ1) is 7.04. The Balaban J connectivity index is 2.01. The highest BCUT2D eigenvalue weighted by molar-refractivity contribution is 7.11. The summed E-state index contributed by atoms with van der Waals surface area (Å²) < 4.78 is 5.40. The van der Waals surface area contributed by atoms with Gasteiger partial charge < -0.3 is 10.1 Å². The van der Waals surface area contributed by atoms with Crippen molar-refractivity contribution in [2.24, 2.45) is 0 Å². The van der Waals surface area contributed by atoms with Gasteiger partial charge >= 0.3 is 0 Å². The SMILES string of the molecule is CC(C)(C)NCc1nc2c(s1)COCC2. The Bertz CT molecular complexity index is 317. The van der Waals surface area contributed by atoms with Gasteiger partial charge in [0.1, 0.15) is 5.01 Å². The van der Waals surface area contributed by atoms with Crippen molar-refractivity contribution in [2.45, 2.75) is 45.9 Å². The number of nitrogens with one attached hydrogen (secondary N) is 1. The van der Waals surface area contributed by atoms with E-state index in [2.05, 4.69) is 31.1 Å². The van der Waals surface area contributed by atoms with Crippen molar-refractivity contribution in [1.29, 1.82) is 0 Å². The van der Waals surface area contributed by atoms with Crippen molar-refractivity contribution >= 4 is 11.3 Å². The molecule has 4 heteroatoms. The molecule has 2 rings (SSSR count). The van der Waals surface area contributed by atoms with E-state index >= 15 is 0 Å². The minimum absolute atomic E-state index is 0.155. The molecule has 0 radical (unpaired) electrons. The van der Waals surface area contributed by atoms with Crippen molar-refractivity contribution in [2.75, 3.05) is 6.61 Å². The summed E-state index contributed by atoms with van der Waals surface area (Å²) in [5.74, 6) is 0. The lowest BCUT2D eigenvalue weighted by Crippen LogP contribution is -2.35. The topological polar surface area (TPSA) is 34.2 Å². The van der Waals surface area contributed by atoms with Gasteiger partial charge in [-0.05, 0) is 20.8 Å².